The van der Waals surface area contributed by atoms with Crippen molar-refractivity contribution in [3.8, 4) is 0 Å². The fourth-order valence-electron chi connectivity index (χ4n) is 2.93. The monoisotopic (exact) mass is 352 g/mol. The molecule has 0 aliphatic carbocycles. The molecule has 2 heterocycles. The molecular weight excluding hydrogens is 328 g/mol. The van der Waals surface area contributed by atoms with E-state index >= 15 is 0 Å². The minimum absolute atomic E-state index is 0.186. The van der Waals surface area contributed by atoms with Crippen LogP contribution in [-0.2, 0) is 6.54 Å². The fraction of sp³-hybridized carbons (Fsp3) is 0.316. The number of fused-ring (bicyclic) bond motifs is 1. The minimum Gasteiger partial charge on any atom is -0.382 e. The number of aromatic nitrogens is 3. The number of pyridine rings is 1. The summed E-state index contributed by atoms with van der Waals surface area (Å²) in [6, 6.07) is 9.21. The first-order valence-corrected chi connectivity index (χ1v) is 8.73. The van der Waals surface area contributed by atoms with E-state index < -0.39 is 0 Å². The van der Waals surface area contributed by atoms with Crippen LogP contribution in [0.2, 0.25) is 0 Å². The van der Waals surface area contributed by atoms with Crippen molar-refractivity contribution in [2.24, 2.45) is 0 Å². The van der Waals surface area contributed by atoms with Crippen LogP contribution in [0.1, 0.15) is 24.1 Å². The number of nitrogens with two attached hydrogens (primary N) is 1. The van der Waals surface area contributed by atoms with Crippen molar-refractivity contribution in [3.05, 3.63) is 47.9 Å². The molecule has 3 rings (SSSR count). The standard InChI is InChI=1S/C19H24N6O/c1-13-14(2)23-18(20)16-17(13)25(12-22-16)11-7-6-10-21-19(26)24-15-8-4-3-5-9-15/h3-5,8-9,12H,6-7,10-11H2,1-2H3,(H2,20,23)(H2,21,24,26). The summed E-state index contributed by atoms with van der Waals surface area (Å²) in [4.78, 5) is 20.6. The van der Waals surface area contributed by atoms with Gasteiger partial charge in [-0.15, -0.1) is 0 Å². The fourth-order valence-corrected chi connectivity index (χ4v) is 2.93. The van der Waals surface area contributed by atoms with Crippen LogP contribution in [0.5, 0.6) is 0 Å². The molecule has 0 unspecified atom stereocenters. The number of nitrogens with one attached hydrogen (secondary N) is 2. The van der Waals surface area contributed by atoms with Crippen LogP contribution in [0, 0.1) is 13.8 Å². The first-order valence-electron chi connectivity index (χ1n) is 8.73. The number of carbonyl (C=O) groups is 1. The van der Waals surface area contributed by atoms with E-state index in [2.05, 4.69) is 25.2 Å². The number of anilines is 2. The number of urea groups is 1. The van der Waals surface area contributed by atoms with E-state index in [-0.39, 0.29) is 6.03 Å². The van der Waals surface area contributed by atoms with Gasteiger partial charge in [0.25, 0.3) is 0 Å². The molecule has 7 nitrogen and oxygen atoms in total. The lowest BCUT2D eigenvalue weighted by Gasteiger charge is -2.10. The molecule has 3 aromatic rings. The predicted octanol–water partition coefficient (Wildman–Crippen LogP) is 3.23. The third-order valence-electron chi connectivity index (χ3n) is 4.41. The Morgan fingerprint density at radius 2 is 1.96 bits per heavy atom. The predicted molar refractivity (Wildman–Crippen MR) is 104 cm³/mol. The van der Waals surface area contributed by atoms with Crippen LogP contribution in [0.15, 0.2) is 36.7 Å². The molecule has 0 saturated carbocycles. The summed E-state index contributed by atoms with van der Waals surface area (Å²) in [7, 11) is 0. The number of nitrogens with zero attached hydrogens (tertiary/aromatic N) is 3. The van der Waals surface area contributed by atoms with E-state index in [0.29, 0.717) is 12.4 Å². The van der Waals surface area contributed by atoms with Gasteiger partial charge in [0.2, 0.25) is 0 Å². The van der Waals surface area contributed by atoms with Gasteiger partial charge in [-0.3, -0.25) is 0 Å². The maximum atomic E-state index is 11.8. The van der Waals surface area contributed by atoms with E-state index in [1.54, 1.807) is 0 Å². The van der Waals surface area contributed by atoms with Crippen LogP contribution in [0.4, 0.5) is 16.3 Å². The molecule has 0 spiro atoms. The Labute approximate surface area is 152 Å². The molecule has 0 bridgehead atoms. The summed E-state index contributed by atoms with van der Waals surface area (Å²) in [5.41, 5.74) is 10.6. The molecule has 2 aromatic heterocycles. The number of hydrogen-bond donors (Lipinski definition) is 3. The average molecular weight is 352 g/mol. The highest BCUT2D eigenvalue weighted by atomic mass is 16.2. The van der Waals surface area contributed by atoms with Gasteiger partial charge in [0.15, 0.2) is 5.82 Å². The quantitative estimate of drug-likeness (QED) is 0.593. The number of unbranched alkanes of at least 4 members (excludes halogenated alkanes) is 1. The van der Waals surface area contributed by atoms with Crippen LogP contribution in [-0.4, -0.2) is 27.1 Å². The van der Waals surface area contributed by atoms with E-state index in [0.717, 1.165) is 47.4 Å². The summed E-state index contributed by atoms with van der Waals surface area (Å²) < 4.78 is 2.11. The van der Waals surface area contributed by atoms with Crippen molar-refractivity contribution in [1.82, 2.24) is 19.9 Å². The lowest BCUT2D eigenvalue weighted by molar-refractivity contribution is 0.252. The molecule has 136 valence electrons. The van der Waals surface area contributed by atoms with Gasteiger partial charge in [-0.05, 0) is 44.4 Å². The third-order valence-corrected chi connectivity index (χ3v) is 4.41. The molecule has 0 atom stereocenters. The number of nitrogen functional groups attached to an aromatic ring is 1. The smallest absolute Gasteiger partial charge is 0.319 e. The van der Waals surface area contributed by atoms with Crippen LogP contribution in [0.3, 0.4) is 0 Å². The Balaban J connectivity index is 1.48. The lowest BCUT2D eigenvalue weighted by Crippen LogP contribution is -2.29. The molecule has 7 heteroatoms. The third kappa shape index (κ3) is 3.93. The van der Waals surface area contributed by atoms with Gasteiger partial charge in [0.05, 0.1) is 11.8 Å². The topological polar surface area (TPSA) is 97.9 Å². The maximum Gasteiger partial charge on any atom is 0.319 e. The van der Waals surface area contributed by atoms with Crippen molar-refractivity contribution in [2.45, 2.75) is 33.2 Å². The molecule has 0 aliphatic heterocycles. The van der Waals surface area contributed by atoms with Gasteiger partial charge in [-0.2, -0.15) is 0 Å². The lowest BCUT2D eigenvalue weighted by atomic mass is 10.2. The average Bonchev–Trinajstić information content (AvgIpc) is 3.05. The molecular formula is C19H24N6O. The number of amides is 2. The highest BCUT2D eigenvalue weighted by Crippen LogP contribution is 2.24. The van der Waals surface area contributed by atoms with Gasteiger partial charge in [-0.25, -0.2) is 14.8 Å². The second-order valence-electron chi connectivity index (χ2n) is 6.30. The SMILES string of the molecule is Cc1nc(N)c2ncn(CCCCNC(=O)Nc3ccccc3)c2c1C. The summed E-state index contributed by atoms with van der Waals surface area (Å²) in [6.45, 7) is 5.44. The molecule has 1 aromatic carbocycles. The number of benzene rings is 1. The molecule has 0 radical (unpaired) electrons. The Kier molecular flexibility index (Phi) is 5.36. The van der Waals surface area contributed by atoms with Crippen LogP contribution in [0.25, 0.3) is 11.0 Å². The summed E-state index contributed by atoms with van der Waals surface area (Å²) in [5.74, 6) is 0.473. The van der Waals surface area contributed by atoms with Gasteiger partial charge in [0, 0.05) is 24.5 Å². The number of imidazole rings is 1. The number of carbonyl (C=O) groups excluding carboxylic acids is 1. The van der Waals surface area contributed by atoms with Gasteiger partial charge >= 0.3 is 6.03 Å². The Hall–Kier alpha value is -3.09. The minimum atomic E-state index is -0.186. The van der Waals surface area contributed by atoms with Crippen molar-refractivity contribution < 1.29 is 4.79 Å². The molecule has 0 saturated heterocycles. The first-order chi connectivity index (χ1) is 12.6. The summed E-state index contributed by atoms with van der Waals surface area (Å²) in [5, 5.41) is 5.68. The Morgan fingerprint density at radius 1 is 1.19 bits per heavy atom. The maximum absolute atomic E-state index is 11.8. The second-order valence-corrected chi connectivity index (χ2v) is 6.30. The summed E-state index contributed by atoms with van der Waals surface area (Å²) in [6.07, 6.45) is 3.61. The van der Waals surface area contributed by atoms with E-state index in [9.17, 15) is 4.79 Å². The van der Waals surface area contributed by atoms with Crippen molar-refractivity contribution in [1.29, 1.82) is 0 Å². The highest BCUT2D eigenvalue weighted by Gasteiger charge is 2.12. The van der Waals surface area contributed by atoms with Crippen molar-refractivity contribution in [2.75, 3.05) is 17.6 Å². The van der Waals surface area contributed by atoms with Crippen LogP contribution < -0.4 is 16.4 Å². The molecule has 0 aliphatic rings. The molecule has 0 fully saturated rings. The zero-order chi connectivity index (χ0) is 18.5. The normalized spacial score (nSPS) is 10.8. The second kappa shape index (κ2) is 7.86. The number of rotatable bonds is 6. The number of hydrogen-bond acceptors (Lipinski definition) is 4. The highest BCUT2D eigenvalue weighted by molar-refractivity contribution is 5.89. The largest absolute Gasteiger partial charge is 0.382 e. The van der Waals surface area contributed by atoms with Gasteiger partial charge in [0.1, 0.15) is 5.52 Å². The van der Waals surface area contributed by atoms with E-state index in [1.165, 1.54) is 0 Å². The molecule has 26 heavy (non-hydrogen) atoms. The molecule has 4 N–H and O–H groups in total. The Bertz CT molecular complexity index is 903. The summed E-state index contributed by atoms with van der Waals surface area (Å²) >= 11 is 0. The molecule has 2 amide bonds. The van der Waals surface area contributed by atoms with E-state index in [1.807, 2.05) is 50.5 Å². The van der Waals surface area contributed by atoms with Crippen LogP contribution >= 0.6 is 0 Å². The number of para-hydroxylation sites is 1. The zero-order valence-corrected chi connectivity index (χ0v) is 15.1. The number of aryl methyl sites for hydroxylation is 3. The Morgan fingerprint density at radius 3 is 2.73 bits per heavy atom. The van der Waals surface area contributed by atoms with Crippen molar-refractivity contribution >= 4 is 28.6 Å². The van der Waals surface area contributed by atoms with Gasteiger partial charge in [-0.1, -0.05) is 18.2 Å². The van der Waals surface area contributed by atoms with E-state index in [4.69, 9.17) is 5.73 Å². The zero-order valence-electron chi connectivity index (χ0n) is 15.1. The van der Waals surface area contributed by atoms with Crippen molar-refractivity contribution in [3.63, 3.8) is 0 Å². The van der Waals surface area contributed by atoms with Gasteiger partial charge < -0.3 is 20.9 Å². The first kappa shape index (κ1) is 17.7.